The van der Waals surface area contributed by atoms with Gasteiger partial charge in [-0.1, -0.05) is 11.6 Å². The summed E-state index contributed by atoms with van der Waals surface area (Å²) in [7, 11) is 0. The number of thiazole rings is 1. The lowest BCUT2D eigenvalue weighted by Crippen LogP contribution is -2.19. The number of urea groups is 1. The fraction of sp³-hybridized carbons (Fsp3) is 0.158. The molecule has 0 aliphatic heterocycles. The minimum Gasteiger partial charge on any atom is -0.494 e. The first kappa shape index (κ1) is 18.2. The fourth-order valence-electron chi connectivity index (χ4n) is 2.39. The second-order valence-corrected chi connectivity index (χ2v) is 7.11. The fourth-order valence-corrected chi connectivity index (χ4v) is 3.34. The van der Waals surface area contributed by atoms with Crippen LogP contribution in [-0.4, -0.2) is 17.6 Å². The largest absolute Gasteiger partial charge is 0.494 e. The molecular weight excluding hydrogens is 370 g/mol. The Morgan fingerprint density at radius 1 is 1.12 bits per heavy atom. The van der Waals surface area contributed by atoms with Crippen LogP contribution in [-0.2, 0) is 0 Å². The van der Waals surface area contributed by atoms with E-state index in [1.807, 2.05) is 38.1 Å². The Labute approximate surface area is 161 Å². The molecule has 0 saturated heterocycles. The maximum absolute atomic E-state index is 12.1. The van der Waals surface area contributed by atoms with E-state index >= 15 is 0 Å². The number of ether oxygens (including phenoxy) is 1. The SMILES string of the molecule is CCOc1ccc(-c2nc(NC(=O)Nc3ccc(Cl)cc3)sc2C)cc1. The van der Waals surface area contributed by atoms with Crippen LogP contribution in [0.5, 0.6) is 5.75 Å². The molecule has 0 atom stereocenters. The summed E-state index contributed by atoms with van der Waals surface area (Å²) in [6.07, 6.45) is 0. The zero-order valence-electron chi connectivity index (χ0n) is 14.4. The van der Waals surface area contributed by atoms with Gasteiger partial charge >= 0.3 is 6.03 Å². The van der Waals surface area contributed by atoms with E-state index in [4.69, 9.17) is 16.3 Å². The molecule has 134 valence electrons. The number of rotatable bonds is 5. The zero-order valence-corrected chi connectivity index (χ0v) is 15.9. The van der Waals surface area contributed by atoms with E-state index < -0.39 is 0 Å². The van der Waals surface area contributed by atoms with Gasteiger partial charge in [0.1, 0.15) is 5.75 Å². The third-order valence-corrected chi connectivity index (χ3v) is 4.70. The molecule has 5 nitrogen and oxygen atoms in total. The maximum Gasteiger partial charge on any atom is 0.325 e. The quantitative estimate of drug-likeness (QED) is 0.580. The van der Waals surface area contributed by atoms with Crippen LogP contribution in [0.1, 0.15) is 11.8 Å². The molecular formula is C19H18ClN3O2S. The average molecular weight is 388 g/mol. The van der Waals surface area contributed by atoms with Crippen molar-refractivity contribution < 1.29 is 9.53 Å². The van der Waals surface area contributed by atoms with Crippen LogP contribution in [0, 0.1) is 6.92 Å². The van der Waals surface area contributed by atoms with Crippen LogP contribution >= 0.6 is 22.9 Å². The van der Waals surface area contributed by atoms with Gasteiger partial charge in [-0.25, -0.2) is 9.78 Å². The van der Waals surface area contributed by atoms with Crippen molar-refractivity contribution in [1.29, 1.82) is 0 Å². The van der Waals surface area contributed by atoms with E-state index in [0.717, 1.165) is 21.9 Å². The van der Waals surface area contributed by atoms with Gasteiger partial charge in [-0.2, -0.15) is 0 Å². The lowest BCUT2D eigenvalue weighted by molar-refractivity contribution is 0.262. The van der Waals surface area contributed by atoms with Crippen molar-refractivity contribution in [1.82, 2.24) is 4.98 Å². The van der Waals surface area contributed by atoms with Crippen LogP contribution in [0.2, 0.25) is 5.02 Å². The molecule has 0 radical (unpaired) electrons. The summed E-state index contributed by atoms with van der Waals surface area (Å²) in [6, 6.07) is 14.3. The normalized spacial score (nSPS) is 10.4. The van der Waals surface area contributed by atoms with Gasteiger partial charge in [0.2, 0.25) is 0 Å². The molecule has 7 heteroatoms. The highest BCUT2D eigenvalue weighted by Gasteiger charge is 2.12. The lowest BCUT2D eigenvalue weighted by atomic mass is 10.1. The van der Waals surface area contributed by atoms with Gasteiger partial charge in [0, 0.05) is 21.2 Å². The van der Waals surface area contributed by atoms with Gasteiger partial charge in [-0.05, 0) is 62.4 Å². The molecule has 0 spiro atoms. The van der Waals surface area contributed by atoms with E-state index in [1.165, 1.54) is 11.3 Å². The second-order valence-electron chi connectivity index (χ2n) is 5.47. The van der Waals surface area contributed by atoms with Gasteiger partial charge in [0.25, 0.3) is 0 Å². The Bertz CT molecular complexity index is 892. The predicted molar refractivity (Wildman–Crippen MR) is 108 cm³/mol. The van der Waals surface area contributed by atoms with Crippen molar-refractivity contribution in [3.05, 3.63) is 58.4 Å². The average Bonchev–Trinajstić information content (AvgIpc) is 2.98. The van der Waals surface area contributed by atoms with Gasteiger partial charge < -0.3 is 10.1 Å². The van der Waals surface area contributed by atoms with Crippen LogP contribution in [0.25, 0.3) is 11.3 Å². The standard InChI is InChI=1S/C19H18ClN3O2S/c1-3-25-16-10-4-13(5-11-16)17-12(2)26-19(22-17)23-18(24)21-15-8-6-14(20)7-9-15/h4-11H,3H2,1-2H3,(H2,21,22,23,24). The molecule has 1 aromatic heterocycles. The zero-order chi connectivity index (χ0) is 18.5. The van der Waals surface area contributed by atoms with E-state index in [2.05, 4.69) is 15.6 Å². The van der Waals surface area contributed by atoms with Crippen LogP contribution in [0.4, 0.5) is 15.6 Å². The number of hydrogen-bond donors (Lipinski definition) is 2. The molecule has 2 amide bonds. The van der Waals surface area contributed by atoms with Crippen molar-refractivity contribution in [3.63, 3.8) is 0 Å². The topological polar surface area (TPSA) is 63.2 Å². The third kappa shape index (κ3) is 4.53. The van der Waals surface area contributed by atoms with Crippen LogP contribution in [0.3, 0.4) is 0 Å². The Kier molecular flexibility index (Phi) is 5.75. The summed E-state index contributed by atoms with van der Waals surface area (Å²) >= 11 is 7.27. The first-order chi connectivity index (χ1) is 12.5. The molecule has 1 heterocycles. The number of nitrogens with zero attached hydrogens (tertiary/aromatic N) is 1. The summed E-state index contributed by atoms with van der Waals surface area (Å²) in [5.74, 6) is 0.824. The number of anilines is 2. The Balaban J connectivity index is 1.69. The van der Waals surface area contributed by atoms with Crippen molar-refractivity contribution in [2.45, 2.75) is 13.8 Å². The van der Waals surface area contributed by atoms with Crippen molar-refractivity contribution in [2.75, 3.05) is 17.2 Å². The Morgan fingerprint density at radius 2 is 1.81 bits per heavy atom. The van der Waals surface area contributed by atoms with Crippen LogP contribution < -0.4 is 15.4 Å². The minimum atomic E-state index is -0.348. The van der Waals surface area contributed by atoms with Gasteiger partial charge in [0.15, 0.2) is 5.13 Å². The summed E-state index contributed by atoms with van der Waals surface area (Å²) in [4.78, 5) is 17.7. The molecule has 3 aromatic rings. The van der Waals surface area contributed by atoms with Gasteiger partial charge in [0.05, 0.1) is 12.3 Å². The number of aryl methyl sites for hydroxylation is 1. The lowest BCUT2D eigenvalue weighted by Gasteiger charge is -2.05. The molecule has 0 saturated carbocycles. The maximum atomic E-state index is 12.1. The van der Waals surface area contributed by atoms with E-state index in [-0.39, 0.29) is 6.03 Å². The molecule has 3 rings (SSSR count). The Hall–Kier alpha value is -2.57. The molecule has 26 heavy (non-hydrogen) atoms. The second kappa shape index (κ2) is 8.21. The van der Waals surface area contributed by atoms with E-state index in [9.17, 15) is 4.79 Å². The summed E-state index contributed by atoms with van der Waals surface area (Å²) in [6.45, 7) is 4.56. The van der Waals surface area contributed by atoms with Crippen molar-refractivity contribution >= 4 is 39.8 Å². The van der Waals surface area contributed by atoms with Crippen molar-refractivity contribution in [2.24, 2.45) is 0 Å². The summed E-state index contributed by atoms with van der Waals surface area (Å²) in [5.41, 5.74) is 2.49. The number of aromatic nitrogens is 1. The highest BCUT2D eigenvalue weighted by atomic mass is 35.5. The molecule has 2 N–H and O–H groups in total. The summed E-state index contributed by atoms with van der Waals surface area (Å²) in [5, 5.41) is 6.67. The van der Waals surface area contributed by atoms with E-state index in [0.29, 0.717) is 22.4 Å². The first-order valence-corrected chi connectivity index (χ1v) is 9.29. The summed E-state index contributed by atoms with van der Waals surface area (Å²) < 4.78 is 5.46. The first-order valence-electron chi connectivity index (χ1n) is 8.09. The minimum absolute atomic E-state index is 0.348. The molecule has 0 aliphatic carbocycles. The molecule has 0 unspecified atom stereocenters. The predicted octanol–water partition coefficient (Wildman–Crippen LogP) is 5.81. The number of carbonyl (C=O) groups excluding carboxylic acids is 1. The van der Waals surface area contributed by atoms with Crippen LogP contribution in [0.15, 0.2) is 48.5 Å². The number of hydrogen-bond acceptors (Lipinski definition) is 4. The highest BCUT2D eigenvalue weighted by molar-refractivity contribution is 7.16. The highest BCUT2D eigenvalue weighted by Crippen LogP contribution is 2.31. The van der Waals surface area contributed by atoms with Gasteiger partial charge in [-0.15, -0.1) is 11.3 Å². The molecule has 0 aliphatic rings. The third-order valence-electron chi connectivity index (χ3n) is 3.56. The van der Waals surface area contributed by atoms with E-state index in [1.54, 1.807) is 24.3 Å². The number of benzene rings is 2. The van der Waals surface area contributed by atoms with Crippen molar-refractivity contribution in [3.8, 4) is 17.0 Å². The smallest absolute Gasteiger partial charge is 0.325 e. The number of nitrogens with one attached hydrogen (secondary N) is 2. The van der Waals surface area contributed by atoms with Gasteiger partial charge in [-0.3, -0.25) is 5.32 Å². The monoisotopic (exact) mass is 387 g/mol. The molecule has 0 bridgehead atoms. The Morgan fingerprint density at radius 3 is 2.46 bits per heavy atom. The number of carbonyl (C=O) groups is 1. The molecule has 0 fully saturated rings. The molecule has 2 aromatic carbocycles. The number of amides is 2. The number of halogens is 1.